The molecule has 1 amide bonds. The highest BCUT2D eigenvalue weighted by atomic mass is 32.1. The summed E-state index contributed by atoms with van der Waals surface area (Å²) in [5.41, 5.74) is 0.919. The molecule has 0 unspecified atom stereocenters. The van der Waals surface area contributed by atoms with Crippen molar-refractivity contribution in [2.75, 3.05) is 26.3 Å². The third kappa shape index (κ3) is 6.22. The summed E-state index contributed by atoms with van der Waals surface area (Å²) in [6.45, 7) is 8.89. The molecule has 1 saturated heterocycles. The lowest BCUT2D eigenvalue weighted by atomic mass is 9.94. The molecule has 0 saturated carbocycles. The van der Waals surface area contributed by atoms with E-state index in [0.29, 0.717) is 5.92 Å². The number of piperidine rings is 1. The van der Waals surface area contributed by atoms with Gasteiger partial charge >= 0.3 is 6.09 Å². The Hall–Kier alpha value is -1.59. The van der Waals surface area contributed by atoms with Gasteiger partial charge in [0.1, 0.15) is 5.60 Å². The molecule has 1 aliphatic rings. The number of carbonyl (C=O) groups excluding carboxylic acids is 1. The number of hydrogen-bond donors (Lipinski definition) is 0. The van der Waals surface area contributed by atoms with Gasteiger partial charge in [0.15, 0.2) is 0 Å². The second kappa shape index (κ2) is 9.07. The number of amides is 1. The predicted molar refractivity (Wildman–Crippen MR) is 111 cm³/mol. The summed E-state index contributed by atoms with van der Waals surface area (Å²) in [5.74, 6) is 0.644. The summed E-state index contributed by atoms with van der Waals surface area (Å²) in [6.07, 6.45) is 3.93. The van der Waals surface area contributed by atoms with Crippen LogP contribution < -0.4 is 0 Å². The van der Waals surface area contributed by atoms with Crippen LogP contribution in [0.2, 0.25) is 0 Å². The fraction of sp³-hybridized carbons (Fsp3) is 0.591. The van der Waals surface area contributed by atoms with Crippen molar-refractivity contribution in [2.24, 2.45) is 5.92 Å². The van der Waals surface area contributed by atoms with E-state index < -0.39 is 5.60 Å². The van der Waals surface area contributed by atoms with Gasteiger partial charge in [0.05, 0.1) is 6.61 Å². The first kappa shape index (κ1) is 20.2. The first-order valence-corrected chi connectivity index (χ1v) is 10.8. The van der Waals surface area contributed by atoms with Gasteiger partial charge in [0, 0.05) is 24.4 Å². The summed E-state index contributed by atoms with van der Waals surface area (Å²) >= 11 is 1.78. The zero-order valence-corrected chi connectivity index (χ0v) is 17.5. The van der Waals surface area contributed by atoms with Crippen molar-refractivity contribution in [2.45, 2.75) is 52.1 Å². The highest BCUT2D eigenvalue weighted by Gasteiger charge is 2.26. The van der Waals surface area contributed by atoms with E-state index in [1.165, 1.54) is 15.6 Å². The third-order valence-electron chi connectivity index (χ3n) is 4.99. The number of ether oxygens (including phenoxy) is 2. The average molecular weight is 390 g/mol. The van der Waals surface area contributed by atoms with Gasteiger partial charge in [-0.2, -0.15) is 0 Å². The Morgan fingerprint density at radius 3 is 2.70 bits per heavy atom. The van der Waals surface area contributed by atoms with Crippen molar-refractivity contribution in [1.29, 1.82) is 0 Å². The summed E-state index contributed by atoms with van der Waals surface area (Å²) in [6, 6.07) is 8.85. The van der Waals surface area contributed by atoms with Gasteiger partial charge in [-0.1, -0.05) is 12.1 Å². The molecule has 1 aromatic heterocycles. The van der Waals surface area contributed by atoms with Crippen molar-refractivity contribution in [1.82, 2.24) is 4.90 Å². The summed E-state index contributed by atoms with van der Waals surface area (Å²) in [7, 11) is 0. The van der Waals surface area contributed by atoms with Crippen LogP contribution in [0.4, 0.5) is 4.79 Å². The number of hydrogen-bond acceptors (Lipinski definition) is 4. The molecule has 2 heterocycles. The van der Waals surface area contributed by atoms with E-state index in [0.717, 1.165) is 52.0 Å². The summed E-state index contributed by atoms with van der Waals surface area (Å²) < 4.78 is 12.7. The van der Waals surface area contributed by atoms with Gasteiger partial charge in [-0.3, -0.25) is 0 Å². The standard InChI is InChI=1S/C22H31NO3S/c1-22(2,3)26-21(24)23-11-6-17(7-12-23)8-13-25-14-9-18-4-5-20-19(16-18)10-15-27-20/h4-5,10,15-17H,6-9,11-14H2,1-3H3. The zero-order valence-electron chi connectivity index (χ0n) is 16.7. The Labute approximate surface area is 166 Å². The number of likely N-dealkylation sites (tertiary alicyclic amines) is 1. The van der Waals surface area contributed by atoms with Crippen LogP contribution in [0.25, 0.3) is 10.1 Å². The molecular formula is C22H31NO3S. The van der Waals surface area contributed by atoms with Gasteiger partial charge in [-0.05, 0) is 80.8 Å². The minimum absolute atomic E-state index is 0.181. The fourth-order valence-electron chi connectivity index (χ4n) is 3.44. The van der Waals surface area contributed by atoms with Crippen molar-refractivity contribution in [3.05, 3.63) is 35.2 Å². The predicted octanol–water partition coefficient (Wildman–Crippen LogP) is 5.50. The molecule has 0 atom stereocenters. The second-order valence-electron chi connectivity index (χ2n) is 8.35. The molecule has 148 valence electrons. The van der Waals surface area contributed by atoms with E-state index in [9.17, 15) is 4.79 Å². The van der Waals surface area contributed by atoms with Crippen molar-refractivity contribution < 1.29 is 14.3 Å². The maximum absolute atomic E-state index is 12.1. The van der Waals surface area contributed by atoms with Crippen LogP contribution in [0.3, 0.4) is 0 Å². The summed E-state index contributed by atoms with van der Waals surface area (Å²) in [5, 5.41) is 3.47. The molecule has 0 bridgehead atoms. The van der Waals surface area contributed by atoms with E-state index in [4.69, 9.17) is 9.47 Å². The fourth-order valence-corrected chi connectivity index (χ4v) is 4.22. The molecule has 0 spiro atoms. The Morgan fingerprint density at radius 2 is 1.96 bits per heavy atom. The van der Waals surface area contributed by atoms with Gasteiger partial charge in [0.2, 0.25) is 0 Å². The topological polar surface area (TPSA) is 38.8 Å². The lowest BCUT2D eigenvalue weighted by Crippen LogP contribution is -2.41. The molecule has 1 fully saturated rings. The van der Waals surface area contributed by atoms with Crippen LogP contribution in [0.1, 0.15) is 45.6 Å². The highest BCUT2D eigenvalue weighted by Crippen LogP contribution is 2.23. The number of fused-ring (bicyclic) bond motifs is 1. The van der Waals surface area contributed by atoms with Gasteiger partial charge in [0.25, 0.3) is 0 Å². The van der Waals surface area contributed by atoms with E-state index >= 15 is 0 Å². The Bertz CT molecular complexity index is 741. The molecule has 1 aliphatic heterocycles. The molecule has 0 radical (unpaired) electrons. The van der Waals surface area contributed by atoms with Crippen LogP contribution >= 0.6 is 11.3 Å². The van der Waals surface area contributed by atoms with Crippen LogP contribution in [0.15, 0.2) is 29.6 Å². The maximum Gasteiger partial charge on any atom is 0.410 e. The van der Waals surface area contributed by atoms with E-state index in [-0.39, 0.29) is 6.09 Å². The highest BCUT2D eigenvalue weighted by molar-refractivity contribution is 7.17. The molecule has 2 aromatic rings. The molecule has 0 N–H and O–H groups in total. The van der Waals surface area contributed by atoms with Crippen molar-refractivity contribution in [3.8, 4) is 0 Å². The quantitative estimate of drug-likeness (QED) is 0.613. The smallest absolute Gasteiger partial charge is 0.410 e. The second-order valence-corrected chi connectivity index (χ2v) is 9.30. The largest absolute Gasteiger partial charge is 0.444 e. The normalized spacial score (nSPS) is 16.0. The van der Waals surface area contributed by atoms with E-state index in [1.807, 2.05) is 25.7 Å². The molecule has 1 aromatic carbocycles. The van der Waals surface area contributed by atoms with Crippen LogP contribution in [0, 0.1) is 5.92 Å². The van der Waals surface area contributed by atoms with Crippen LogP contribution in [-0.4, -0.2) is 42.9 Å². The molecule has 0 aliphatic carbocycles. The van der Waals surface area contributed by atoms with Crippen LogP contribution in [-0.2, 0) is 15.9 Å². The van der Waals surface area contributed by atoms with Crippen LogP contribution in [0.5, 0.6) is 0 Å². The number of carbonyl (C=O) groups is 1. The van der Waals surface area contributed by atoms with Crippen molar-refractivity contribution >= 4 is 27.5 Å². The molecular weight excluding hydrogens is 358 g/mol. The minimum atomic E-state index is -0.421. The first-order chi connectivity index (χ1) is 12.9. The molecule has 3 rings (SSSR count). The van der Waals surface area contributed by atoms with E-state index in [2.05, 4.69) is 29.6 Å². The molecule has 27 heavy (non-hydrogen) atoms. The van der Waals surface area contributed by atoms with Gasteiger partial charge in [-0.25, -0.2) is 4.79 Å². The zero-order chi connectivity index (χ0) is 19.3. The maximum atomic E-state index is 12.1. The number of thiophene rings is 1. The Kier molecular flexibility index (Phi) is 6.77. The summed E-state index contributed by atoms with van der Waals surface area (Å²) in [4.78, 5) is 13.9. The number of nitrogens with zero attached hydrogens (tertiary/aromatic N) is 1. The third-order valence-corrected chi connectivity index (χ3v) is 5.89. The Balaban J connectivity index is 1.29. The number of benzene rings is 1. The minimum Gasteiger partial charge on any atom is -0.444 e. The molecule has 5 heteroatoms. The molecule has 4 nitrogen and oxygen atoms in total. The van der Waals surface area contributed by atoms with Gasteiger partial charge in [-0.15, -0.1) is 11.3 Å². The lowest BCUT2D eigenvalue weighted by Gasteiger charge is -2.33. The average Bonchev–Trinajstić information content (AvgIpc) is 3.08. The Morgan fingerprint density at radius 1 is 1.19 bits per heavy atom. The number of rotatable bonds is 6. The van der Waals surface area contributed by atoms with Gasteiger partial charge < -0.3 is 14.4 Å². The van der Waals surface area contributed by atoms with Crippen molar-refractivity contribution in [3.63, 3.8) is 0 Å². The van der Waals surface area contributed by atoms with E-state index in [1.54, 1.807) is 11.3 Å². The first-order valence-electron chi connectivity index (χ1n) is 9.92. The monoisotopic (exact) mass is 389 g/mol. The lowest BCUT2D eigenvalue weighted by molar-refractivity contribution is 0.0167. The SMILES string of the molecule is CC(C)(C)OC(=O)N1CCC(CCOCCc2ccc3sccc3c2)CC1.